The highest BCUT2D eigenvalue weighted by atomic mass is 16.3. The number of rotatable bonds is 12. The second kappa shape index (κ2) is 11.7. The van der Waals surface area contributed by atoms with Gasteiger partial charge in [-0.1, -0.05) is 38.1 Å². The molecule has 0 aromatic heterocycles. The molecule has 0 radical (unpaired) electrons. The Balaban J connectivity index is 2.11. The third-order valence-corrected chi connectivity index (χ3v) is 5.12. The van der Waals surface area contributed by atoms with E-state index in [0.29, 0.717) is 19.6 Å². The first-order valence-corrected chi connectivity index (χ1v) is 10.2. The van der Waals surface area contributed by atoms with E-state index in [4.69, 9.17) is 0 Å². The zero-order valence-corrected chi connectivity index (χ0v) is 17.1. The minimum Gasteiger partial charge on any atom is -0.395 e. The predicted octanol–water partition coefficient (Wildman–Crippen LogP) is 2.84. The third-order valence-electron chi connectivity index (χ3n) is 5.12. The van der Waals surface area contributed by atoms with E-state index in [2.05, 4.69) is 67.3 Å². The number of aliphatic hydroxyl groups is 3. The van der Waals surface area contributed by atoms with Crippen LogP contribution in [0.25, 0.3) is 0 Å². The lowest BCUT2D eigenvalue weighted by Gasteiger charge is -2.25. The molecule has 1 unspecified atom stereocenters. The van der Waals surface area contributed by atoms with Crippen molar-refractivity contribution in [2.75, 3.05) is 55.8 Å². The number of hydrogen-bond donors (Lipinski definition) is 3. The van der Waals surface area contributed by atoms with Crippen molar-refractivity contribution in [3.05, 3.63) is 59.7 Å². The second-order valence-corrected chi connectivity index (χ2v) is 7.05. The summed E-state index contributed by atoms with van der Waals surface area (Å²) in [5.74, 6) is 0.268. The molecule has 0 spiro atoms. The molecule has 5 nitrogen and oxygen atoms in total. The van der Waals surface area contributed by atoms with Gasteiger partial charge in [0.05, 0.1) is 19.8 Å². The number of benzene rings is 2. The number of anilines is 2. The second-order valence-electron chi connectivity index (χ2n) is 7.05. The molecule has 28 heavy (non-hydrogen) atoms. The maximum atomic E-state index is 9.27. The van der Waals surface area contributed by atoms with Gasteiger partial charge in [0.2, 0.25) is 0 Å². The molecule has 0 fully saturated rings. The van der Waals surface area contributed by atoms with Crippen molar-refractivity contribution in [2.45, 2.75) is 26.2 Å². The highest BCUT2D eigenvalue weighted by Crippen LogP contribution is 2.28. The summed E-state index contributed by atoms with van der Waals surface area (Å²) in [6.07, 6.45) is 1.05. The molecule has 5 heteroatoms. The van der Waals surface area contributed by atoms with Crippen molar-refractivity contribution in [1.29, 1.82) is 0 Å². The van der Waals surface area contributed by atoms with Crippen molar-refractivity contribution < 1.29 is 15.3 Å². The van der Waals surface area contributed by atoms with Gasteiger partial charge in [0.1, 0.15) is 0 Å². The molecular formula is C23H34N2O3. The Morgan fingerprint density at radius 2 is 1.00 bits per heavy atom. The molecule has 0 amide bonds. The zero-order chi connectivity index (χ0) is 20.4. The van der Waals surface area contributed by atoms with E-state index in [-0.39, 0.29) is 25.7 Å². The molecule has 2 rings (SSSR count). The first kappa shape index (κ1) is 22.2. The normalized spacial score (nSPS) is 12.0. The molecule has 1 atom stereocenters. The van der Waals surface area contributed by atoms with Gasteiger partial charge in [-0.25, -0.2) is 0 Å². The first-order valence-electron chi connectivity index (χ1n) is 10.2. The fraction of sp³-hybridized carbons (Fsp3) is 0.478. The van der Waals surface area contributed by atoms with Gasteiger partial charge >= 0.3 is 0 Å². The fourth-order valence-electron chi connectivity index (χ4n) is 3.51. The summed E-state index contributed by atoms with van der Waals surface area (Å²) in [6.45, 7) is 7.25. The summed E-state index contributed by atoms with van der Waals surface area (Å²) in [7, 11) is 0. The molecule has 0 aliphatic heterocycles. The maximum absolute atomic E-state index is 9.27. The molecule has 0 heterocycles. The van der Waals surface area contributed by atoms with Crippen LogP contribution in [0.4, 0.5) is 11.4 Å². The van der Waals surface area contributed by atoms with Crippen LogP contribution < -0.4 is 9.80 Å². The van der Waals surface area contributed by atoms with E-state index in [1.807, 2.05) is 4.90 Å². The molecule has 0 saturated heterocycles. The minimum atomic E-state index is 0.0653. The average molecular weight is 387 g/mol. The number of nitrogens with zero attached hydrogens (tertiary/aromatic N) is 2. The van der Waals surface area contributed by atoms with Crippen LogP contribution in [0.2, 0.25) is 0 Å². The lowest BCUT2D eigenvalue weighted by Crippen LogP contribution is -2.29. The molecular weight excluding hydrogens is 352 g/mol. The SMILES string of the molecule is CCCN(CCO)c1ccc(C(C)c2ccc(N(CCO)CCO)cc2)cc1. The summed E-state index contributed by atoms with van der Waals surface area (Å²) < 4.78 is 0. The summed E-state index contributed by atoms with van der Waals surface area (Å²) in [5.41, 5.74) is 4.63. The maximum Gasteiger partial charge on any atom is 0.0606 e. The lowest BCUT2D eigenvalue weighted by atomic mass is 9.93. The smallest absolute Gasteiger partial charge is 0.0606 e. The van der Waals surface area contributed by atoms with E-state index in [9.17, 15) is 15.3 Å². The van der Waals surface area contributed by atoms with E-state index >= 15 is 0 Å². The van der Waals surface area contributed by atoms with Gasteiger partial charge in [-0.05, 0) is 41.8 Å². The highest BCUT2D eigenvalue weighted by molar-refractivity contribution is 5.51. The Bertz CT molecular complexity index is 602. The van der Waals surface area contributed by atoms with E-state index < -0.39 is 0 Å². The lowest BCUT2D eigenvalue weighted by molar-refractivity contribution is 0.281. The quantitative estimate of drug-likeness (QED) is 0.523. The van der Waals surface area contributed by atoms with Crippen LogP contribution in [0.5, 0.6) is 0 Å². The molecule has 154 valence electrons. The van der Waals surface area contributed by atoms with E-state index in [0.717, 1.165) is 24.3 Å². The van der Waals surface area contributed by atoms with Gasteiger partial charge in [0.15, 0.2) is 0 Å². The van der Waals surface area contributed by atoms with Gasteiger partial charge < -0.3 is 25.1 Å². The Kier molecular flexibility index (Phi) is 9.28. The van der Waals surface area contributed by atoms with Gasteiger partial charge in [-0.3, -0.25) is 0 Å². The zero-order valence-electron chi connectivity index (χ0n) is 17.1. The van der Waals surface area contributed by atoms with Crippen LogP contribution in [0.3, 0.4) is 0 Å². The number of hydrogen-bond acceptors (Lipinski definition) is 5. The molecule has 0 aliphatic rings. The predicted molar refractivity (Wildman–Crippen MR) is 116 cm³/mol. The summed E-state index contributed by atoms with van der Waals surface area (Å²) in [4.78, 5) is 4.19. The standard InChI is InChI=1S/C23H34N2O3/c1-3-12-24(13-16-26)22-8-4-20(5-9-22)19(2)21-6-10-23(11-7-21)25(14-17-27)15-18-28/h4-11,19,26-28H,3,12-18H2,1-2H3. The van der Waals surface area contributed by atoms with E-state index in [1.54, 1.807) is 0 Å². The Labute approximate surface area is 168 Å². The van der Waals surface area contributed by atoms with Crippen LogP contribution in [0, 0.1) is 0 Å². The van der Waals surface area contributed by atoms with Crippen molar-refractivity contribution >= 4 is 11.4 Å². The Hall–Kier alpha value is -2.08. The van der Waals surface area contributed by atoms with Crippen LogP contribution in [0.1, 0.15) is 37.3 Å². The van der Waals surface area contributed by atoms with Crippen LogP contribution in [-0.4, -0.2) is 61.3 Å². The molecule has 0 bridgehead atoms. The van der Waals surface area contributed by atoms with E-state index in [1.165, 1.54) is 11.1 Å². The summed E-state index contributed by atoms with van der Waals surface area (Å²) >= 11 is 0. The van der Waals surface area contributed by atoms with Gasteiger partial charge in [0, 0.05) is 43.5 Å². The van der Waals surface area contributed by atoms with Crippen LogP contribution in [0.15, 0.2) is 48.5 Å². The molecule has 2 aromatic rings. The largest absolute Gasteiger partial charge is 0.395 e. The monoisotopic (exact) mass is 386 g/mol. The average Bonchev–Trinajstić information content (AvgIpc) is 2.73. The fourth-order valence-corrected chi connectivity index (χ4v) is 3.51. The molecule has 0 saturated carbocycles. The van der Waals surface area contributed by atoms with Crippen LogP contribution in [-0.2, 0) is 0 Å². The third kappa shape index (κ3) is 5.96. The Morgan fingerprint density at radius 3 is 1.32 bits per heavy atom. The minimum absolute atomic E-state index is 0.0653. The van der Waals surface area contributed by atoms with Crippen molar-refractivity contribution in [3.63, 3.8) is 0 Å². The first-order chi connectivity index (χ1) is 13.6. The van der Waals surface area contributed by atoms with Gasteiger partial charge in [-0.2, -0.15) is 0 Å². The van der Waals surface area contributed by atoms with Gasteiger partial charge in [0.25, 0.3) is 0 Å². The Morgan fingerprint density at radius 1 is 0.643 bits per heavy atom. The molecule has 0 aliphatic carbocycles. The molecule has 3 N–H and O–H groups in total. The number of aliphatic hydroxyl groups excluding tert-OH is 3. The highest BCUT2D eigenvalue weighted by Gasteiger charge is 2.12. The summed E-state index contributed by atoms with van der Waals surface area (Å²) in [5, 5.41) is 27.7. The van der Waals surface area contributed by atoms with Gasteiger partial charge in [-0.15, -0.1) is 0 Å². The van der Waals surface area contributed by atoms with Crippen LogP contribution >= 0.6 is 0 Å². The topological polar surface area (TPSA) is 67.2 Å². The van der Waals surface area contributed by atoms with Crippen molar-refractivity contribution in [3.8, 4) is 0 Å². The van der Waals surface area contributed by atoms with Crippen molar-refractivity contribution in [1.82, 2.24) is 0 Å². The van der Waals surface area contributed by atoms with Crippen molar-refractivity contribution in [2.24, 2.45) is 0 Å². The molecule has 2 aromatic carbocycles. The summed E-state index contributed by atoms with van der Waals surface area (Å²) in [6, 6.07) is 16.9.